The zero-order valence-corrected chi connectivity index (χ0v) is 5.91. The van der Waals surface area contributed by atoms with E-state index in [2.05, 4.69) is 25.7 Å². The van der Waals surface area contributed by atoms with Crippen molar-refractivity contribution >= 4 is 0 Å². The topological polar surface area (TPSA) is 0 Å². The van der Waals surface area contributed by atoms with E-state index in [0.29, 0.717) is 0 Å². The van der Waals surface area contributed by atoms with Crippen LogP contribution in [0.1, 0.15) is 33.6 Å². The average Bonchev–Trinajstić information content (AvgIpc) is 1.66. The van der Waals surface area contributed by atoms with Crippen LogP contribution in [0, 0.1) is 17.8 Å². The predicted molar refractivity (Wildman–Crippen MR) is 37.3 cm³/mol. The molecule has 0 fully saturated rings. The molecule has 0 aromatic heterocycles. The molecule has 0 aliphatic heterocycles. The molecule has 8 heavy (non-hydrogen) atoms. The Morgan fingerprint density at radius 1 is 1.38 bits per heavy atom. The summed E-state index contributed by atoms with van der Waals surface area (Å²) >= 11 is 0. The van der Waals surface area contributed by atoms with Gasteiger partial charge in [0, 0.05) is 6.42 Å². The predicted octanol–water partition coefficient (Wildman–Crippen LogP) is 2.40. The van der Waals surface area contributed by atoms with Gasteiger partial charge in [0.15, 0.2) is 0 Å². The number of rotatable bonds is 2. The van der Waals surface area contributed by atoms with Gasteiger partial charge in [-0.2, -0.15) is 0 Å². The van der Waals surface area contributed by atoms with Crippen molar-refractivity contribution < 1.29 is 0 Å². The Hall–Kier alpha value is -0.440. The minimum absolute atomic E-state index is 1.03. The van der Waals surface area contributed by atoms with Crippen LogP contribution >= 0.6 is 0 Å². The van der Waals surface area contributed by atoms with Gasteiger partial charge in [-0.05, 0) is 19.3 Å². The first-order valence-corrected chi connectivity index (χ1v) is 2.96. The lowest BCUT2D eigenvalue weighted by atomic mass is 10.1. The van der Waals surface area contributed by atoms with Crippen molar-refractivity contribution in [2.45, 2.75) is 33.6 Å². The van der Waals surface area contributed by atoms with Crippen molar-refractivity contribution in [3.05, 3.63) is 5.92 Å². The van der Waals surface area contributed by atoms with Crippen molar-refractivity contribution in [3.8, 4) is 11.8 Å². The number of hydrogen-bond acceptors (Lipinski definition) is 0. The molecule has 0 aliphatic rings. The highest BCUT2D eigenvalue weighted by atomic mass is 13.9. The van der Waals surface area contributed by atoms with Crippen molar-refractivity contribution in [2.75, 3.05) is 0 Å². The molecule has 0 heterocycles. The van der Waals surface area contributed by atoms with Gasteiger partial charge in [0.2, 0.25) is 0 Å². The van der Waals surface area contributed by atoms with E-state index in [-0.39, 0.29) is 0 Å². The Morgan fingerprint density at radius 2 is 2.00 bits per heavy atom. The molecule has 0 amide bonds. The van der Waals surface area contributed by atoms with Gasteiger partial charge in [0.05, 0.1) is 0 Å². The first-order chi connectivity index (χ1) is 3.77. The highest BCUT2D eigenvalue weighted by molar-refractivity contribution is 4.97. The SMILES string of the molecule is CC#CCC[C](C)C. The highest BCUT2D eigenvalue weighted by Crippen LogP contribution is 2.03. The van der Waals surface area contributed by atoms with Gasteiger partial charge in [0.1, 0.15) is 0 Å². The van der Waals surface area contributed by atoms with Crippen LogP contribution in [0.25, 0.3) is 0 Å². The molecule has 0 aromatic carbocycles. The largest absolute Gasteiger partial charge is 0.107 e. The molecule has 1 radical (unpaired) electrons. The fourth-order valence-corrected chi connectivity index (χ4v) is 0.437. The van der Waals surface area contributed by atoms with E-state index in [4.69, 9.17) is 0 Å². The lowest BCUT2D eigenvalue weighted by Crippen LogP contribution is -1.80. The van der Waals surface area contributed by atoms with Gasteiger partial charge in [-0.3, -0.25) is 0 Å². The Bertz CT molecular complexity index is 90.3. The molecule has 0 saturated carbocycles. The molecule has 0 saturated heterocycles. The zero-order chi connectivity index (χ0) is 6.41. The van der Waals surface area contributed by atoms with Crippen molar-refractivity contribution in [2.24, 2.45) is 0 Å². The van der Waals surface area contributed by atoms with Crippen LogP contribution in [0.3, 0.4) is 0 Å². The molecule has 45 valence electrons. The summed E-state index contributed by atoms with van der Waals surface area (Å²) in [6.45, 7) is 6.15. The second-order valence-electron chi connectivity index (χ2n) is 2.13. The molecule has 0 aliphatic carbocycles. The van der Waals surface area contributed by atoms with Crippen LogP contribution in [0.15, 0.2) is 0 Å². The zero-order valence-electron chi connectivity index (χ0n) is 5.91. The maximum atomic E-state index is 3.01. The van der Waals surface area contributed by atoms with Gasteiger partial charge in [-0.1, -0.05) is 13.8 Å². The molecule has 0 heteroatoms. The van der Waals surface area contributed by atoms with Crippen LogP contribution in [-0.4, -0.2) is 0 Å². The highest BCUT2D eigenvalue weighted by Gasteiger charge is 1.88. The minimum Gasteiger partial charge on any atom is -0.107 e. The Morgan fingerprint density at radius 3 is 2.38 bits per heavy atom. The molecular weight excluding hydrogens is 96.1 g/mol. The monoisotopic (exact) mass is 109 g/mol. The van der Waals surface area contributed by atoms with Crippen LogP contribution < -0.4 is 0 Å². The normalized spacial score (nSPS) is 8.50. The minimum atomic E-state index is 1.03. The summed E-state index contributed by atoms with van der Waals surface area (Å²) in [4.78, 5) is 0. The molecule has 0 unspecified atom stereocenters. The summed E-state index contributed by atoms with van der Waals surface area (Å²) in [5.74, 6) is 7.33. The summed E-state index contributed by atoms with van der Waals surface area (Å²) in [5, 5.41) is 0. The fourth-order valence-electron chi connectivity index (χ4n) is 0.437. The van der Waals surface area contributed by atoms with Crippen LogP contribution in [0.5, 0.6) is 0 Å². The Labute approximate surface area is 52.3 Å². The standard InChI is InChI=1S/C8H13/c1-4-5-6-7-8(2)3/h6-7H2,1-3H3. The van der Waals surface area contributed by atoms with Gasteiger partial charge < -0.3 is 0 Å². The van der Waals surface area contributed by atoms with E-state index in [1.54, 1.807) is 0 Å². The second kappa shape index (κ2) is 4.71. The van der Waals surface area contributed by atoms with Gasteiger partial charge in [-0.15, -0.1) is 11.8 Å². The first-order valence-electron chi connectivity index (χ1n) is 2.96. The van der Waals surface area contributed by atoms with E-state index in [1.165, 1.54) is 5.92 Å². The third-order valence-electron chi connectivity index (χ3n) is 0.927. The van der Waals surface area contributed by atoms with E-state index >= 15 is 0 Å². The smallest absolute Gasteiger partial charge is 0.00938 e. The lowest BCUT2D eigenvalue weighted by molar-refractivity contribution is 0.866. The Kier molecular flexibility index (Phi) is 4.45. The maximum Gasteiger partial charge on any atom is 0.00938 e. The summed E-state index contributed by atoms with van der Waals surface area (Å²) in [5.41, 5.74) is 0. The van der Waals surface area contributed by atoms with Crippen molar-refractivity contribution in [1.82, 2.24) is 0 Å². The average molecular weight is 109 g/mol. The molecule has 0 bridgehead atoms. The maximum absolute atomic E-state index is 3.01. The fraction of sp³-hybridized carbons (Fsp3) is 0.625. The Balaban J connectivity index is 3.01. The van der Waals surface area contributed by atoms with E-state index in [9.17, 15) is 0 Å². The van der Waals surface area contributed by atoms with E-state index in [1.807, 2.05) is 6.92 Å². The van der Waals surface area contributed by atoms with Crippen molar-refractivity contribution in [1.29, 1.82) is 0 Å². The van der Waals surface area contributed by atoms with Crippen LogP contribution in [-0.2, 0) is 0 Å². The molecular formula is C8H13. The molecule has 0 nitrogen and oxygen atoms in total. The summed E-state index contributed by atoms with van der Waals surface area (Å²) in [7, 11) is 0. The first kappa shape index (κ1) is 7.56. The molecule has 0 rings (SSSR count). The molecule has 0 aromatic rings. The number of hydrogen-bond donors (Lipinski definition) is 0. The van der Waals surface area contributed by atoms with Crippen LogP contribution in [0.4, 0.5) is 0 Å². The van der Waals surface area contributed by atoms with Crippen LogP contribution in [0.2, 0.25) is 0 Å². The quantitative estimate of drug-likeness (QED) is 0.478. The lowest BCUT2D eigenvalue weighted by Gasteiger charge is -1.95. The molecule has 0 spiro atoms. The van der Waals surface area contributed by atoms with E-state index in [0.717, 1.165) is 12.8 Å². The summed E-state index contributed by atoms with van der Waals surface area (Å²) in [6, 6.07) is 0. The van der Waals surface area contributed by atoms with E-state index < -0.39 is 0 Å². The third kappa shape index (κ3) is 5.56. The van der Waals surface area contributed by atoms with Gasteiger partial charge in [-0.25, -0.2) is 0 Å². The van der Waals surface area contributed by atoms with Crippen molar-refractivity contribution in [3.63, 3.8) is 0 Å². The molecule has 0 atom stereocenters. The summed E-state index contributed by atoms with van der Waals surface area (Å²) in [6.07, 6.45) is 2.18. The second-order valence-corrected chi connectivity index (χ2v) is 2.13. The van der Waals surface area contributed by atoms with Gasteiger partial charge in [0.25, 0.3) is 0 Å². The third-order valence-corrected chi connectivity index (χ3v) is 0.927. The summed E-state index contributed by atoms with van der Waals surface area (Å²) < 4.78 is 0. The van der Waals surface area contributed by atoms with Gasteiger partial charge >= 0.3 is 0 Å². The molecule has 0 N–H and O–H groups in total.